The average Bonchev–Trinajstić information content (AvgIpc) is 2.69. The van der Waals surface area contributed by atoms with Crippen molar-refractivity contribution < 1.29 is 9.78 Å². The molecule has 0 amide bonds. The lowest BCUT2D eigenvalue weighted by Crippen LogP contribution is -2.06. The lowest BCUT2D eigenvalue weighted by Gasteiger charge is -2.05. The summed E-state index contributed by atoms with van der Waals surface area (Å²) in [5.74, 6) is 0. The topological polar surface area (TPSA) is 18.5 Å². The first-order valence-electron chi connectivity index (χ1n) is 5.94. The molecule has 1 heterocycles. The highest BCUT2D eigenvalue weighted by Crippen LogP contribution is 2.24. The quantitative estimate of drug-likeness (QED) is 0.509. The van der Waals surface area contributed by atoms with Crippen molar-refractivity contribution >= 4 is 15.9 Å². The third-order valence-corrected chi connectivity index (χ3v) is 3.10. The van der Waals surface area contributed by atoms with Gasteiger partial charge >= 0.3 is 0 Å². The molecule has 1 aliphatic heterocycles. The second-order valence-electron chi connectivity index (χ2n) is 4.12. The molecule has 2 unspecified atom stereocenters. The Balaban J connectivity index is 2.03. The predicted molar refractivity (Wildman–Crippen MR) is 65.8 cm³/mol. The summed E-state index contributed by atoms with van der Waals surface area (Å²) >= 11 is 3.25. The minimum Gasteiger partial charge on any atom is -0.233 e. The summed E-state index contributed by atoms with van der Waals surface area (Å²) in [5, 5.41) is 0. The maximum atomic E-state index is 5.29. The molecule has 1 rings (SSSR count). The van der Waals surface area contributed by atoms with Crippen molar-refractivity contribution in [1.82, 2.24) is 0 Å². The molecular weight excluding hydrogens is 256 g/mol. The van der Waals surface area contributed by atoms with Gasteiger partial charge in [-0.1, -0.05) is 54.6 Å². The van der Waals surface area contributed by atoms with Gasteiger partial charge in [-0.2, -0.15) is 0 Å². The summed E-state index contributed by atoms with van der Waals surface area (Å²) in [6, 6.07) is 0. The summed E-state index contributed by atoms with van der Waals surface area (Å²) in [6.45, 7) is 2.23. The molecule has 0 aliphatic carbocycles. The van der Waals surface area contributed by atoms with Gasteiger partial charge in [-0.25, -0.2) is 9.78 Å². The highest BCUT2D eigenvalue weighted by Gasteiger charge is 2.25. The normalized spacial score (nSPS) is 26.5. The molecule has 0 bridgehead atoms. The largest absolute Gasteiger partial charge is 0.233 e. The van der Waals surface area contributed by atoms with Gasteiger partial charge in [0.05, 0.1) is 12.2 Å². The fourth-order valence-electron chi connectivity index (χ4n) is 1.83. The fraction of sp³-hybridized carbons (Fsp3) is 0.833. The Morgan fingerprint density at radius 1 is 1.20 bits per heavy atom. The van der Waals surface area contributed by atoms with E-state index in [4.69, 9.17) is 9.78 Å². The van der Waals surface area contributed by atoms with E-state index in [-0.39, 0.29) is 6.10 Å². The lowest BCUT2D eigenvalue weighted by atomic mass is 10.0. The van der Waals surface area contributed by atoms with Gasteiger partial charge in [0.15, 0.2) is 0 Å². The first kappa shape index (κ1) is 13.2. The SMILES string of the molecule is CCCCCCC1CC(C/C=C\Br)OO1. The molecule has 0 spiro atoms. The molecule has 0 N–H and O–H groups in total. The van der Waals surface area contributed by atoms with Crippen LogP contribution in [0.3, 0.4) is 0 Å². The molecular formula is C12H21BrO2. The number of hydrogen-bond acceptors (Lipinski definition) is 2. The van der Waals surface area contributed by atoms with E-state index in [2.05, 4.69) is 28.9 Å². The smallest absolute Gasteiger partial charge is 0.0990 e. The first-order chi connectivity index (χ1) is 7.36. The van der Waals surface area contributed by atoms with Crippen LogP contribution in [-0.4, -0.2) is 12.2 Å². The van der Waals surface area contributed by atoms with Crippen LogP contribution in [0.2, 0.25) is 0 Å². The van der Waals surface area contributed by atoms with E-state index in [0.29, 0.717) is 6.10 Å². The van der Waals surface area contributed by atoms with Crippen molar-refractivity contribution in [2.45, 2.75) is 64.1 Å². The van der Waals surface area contributed by atoms with Crippen LogP contribution in [0.25, 0.3) is 0 Å². The van der Waals surface area contributed by atoms with E-state index in [0.717, 1.165) is 19.3 Å². The lowest BCUT2D eigenvalue weighted by molar-refractivity contribution is -0.296. The van der Waals surface area contributed by atoms with Gasteiger partial charge in [0.2, 0.25) is 0 Å². The van der Waals surface area contributed by atoms with Crippen LogP contribution < -0.4 is 0 Å². The van der Waals surface area contributed by atoms with Crippen molar-refractivity contribution in [2.75, 3.05) is 0 Å². The molecule has 0 radical (unpaired) electrons. The van der Waals surface area contributed by atoms with Crippen molar-refractivity contribution in [1.29, 1.82) is 0 Å². The maximum Gasteiger partial charge on any atom is 0.0990 e. The van der Waals surface area contributed by atoms with Crippen molar-refractivity contribution in [2.24, 2.45) is 0 Å². The van der Waals surface area contributed by atoms with Crippen LogP contribution in [0, 0.1) is 0 Å². The Bertz CT molecular complexity index is 182. The van der Waals surface area contributed by atoms with Gasteiger partial charge in [-0.05, 0) is 17.8 Å². The molecule has 2 nitrogen and oxygen atoms in total. The molecule has 0 aromatic carbocycles. The zero-order valence-electron chi connectivity index (χ0n) is 9.45. The second-order valence-corrected chi connectivity index (χ2v) is 4.65. The first-order valence-corrected chi connectivity index (χ1v) is 6.85. The summed E-state index contributed by atoms with van der Waals surface area (Å²) < 4.78 is 0. The molecule has 2 atom stereocenters. The Kier molecular flexibility index (Phi) is 7.32. The third-order valence-electron chi connectivity index (χ3n) is 2.72. The molecule has 15 heavy (non-hydrogen) atoms. The Labute approximate surface area is 101 Å². The second kappa shape index (κ2) is 8.31. The van der Waals surface area contributed by atoms with Crippen LogP contribution in [0.5, 0.6) is 0 Å². The minimum atomic E-state index is 0.259. The van der Waals surface area contributed by atoms with E-state index in [1.807, 2.05) is 4.99 Å². The number of unbranched alkanes of at least 4 members (excludes halogenated alkanes) is 3. The Hall–Kier alpha value is 0.140. The molecule has 3 heteroatoms. The Morgan fingerprint density at radius 2 is 2.00 bits per heavy atom. The monoisotopic (exact) mass is 276 g/mol. The maximum absolute atomic E-state index is 5.29. The molecule has 88 valence electrons. The summed E-state index contributed by atoms with van der Waals surface area (Å²) in [5.41, 5.74) is 0. The van der Waals surface area contributed by atoms with Crippen LogP contribution >= 0.6 is 15.9 Å². The molecule has 1 aliphatic rings. The van der Waals surface area contributed by atoms with Crippen molar-refractivity contribution in [3.63, 3.8) is 0 Å². The molecule has 0 saturated carbocycles. The van der Waals surface area contributed by atoms with Gasteiger partial charge in [-0.15, -0.1) is 0 Å². The summed E-state index contributed by atoms with van der Waals surface area (Å²) in [6.07, 6.45) is 11.0. The zero-order chi connectivity index (χ0) is 10.9. The number of halogens is 1. The third kappa shape index (κ3) is 5.69. The van der Waals surface area contributed by atoms with Gasteiger partial charge in [-0.3, -0.25) is 0 Å². The molecule has 0 aromatic rings. The molecule has 1 saturated heterocycles. The standard InChI is InChI=1S/C12H21BrO2/c1-2-3-4-5-7-11-10-12(15-14-11)8-6-9-13/h6,9,11-12H,2-5,7-8,10H2,1H3/b9-6-. The van der Waals surface area contributed by atoms with Crippen molar-refractivity contribution in [3.05, 3.63) is 11.1 Å². The minimum absolute atomic E-state index is 0.259. The van der Waals surface area contributed by atoms with Crippen LogP contribution in [0.4, 0.5) is 0 Å². The highest BCUT2D eigenvalue weighted by molar-refractivity contribution is 9.11. The van der Waals surface area contributed by atoms with Crippen LogP contribution in [0.1, 0.15) is 51.9 Å². The van der Waals surface area contributed by atoms with E-state index in [1.54, 1.807) is 0 Å². The highest BCUT2D eigenvalue weighted by atomic mass is 79.9. The van der Waals surface area contributed by atoms with E-state index < -0.39 is 0 Å². The molecule has 0 aromatic heterocycles. The number of hydrogen-bond donors (Lipinski definition) is 0. The molecule has 1 fully saturated rings. The van der Waals surface area contributed by atoms with E-state index in [1.165, 1.54) is 25.7 Å². The van der Waals surface area contributed by atoms with Gasteiger partial charge < -0.3 is 0 Å². The zero-order valence-corrected chi connectivity index (χ0v) is 11.0. The average molecular weight is 277 g/mol. The predicted octanol–water partition coefficient (Wildman–Crippen LogP) is 4.34. The summed E-state index contributed by atoms with van der Waals surface area (Å²) in [4.78, 5) is 12.4. The Morgan fingerprint density at radius 3 is 2.73 bits per heavy atom. The van der Waals surface area contributed by atoms with Gasteiger partial charge in [0.1, 0.15) is 0 Å². The van der Waals surface area contributed by atoms with Gasteiger partial charge in [0.25, 0.3) is 0 Å². The summed E-state index contributed by atoms with van der Waals surface area (Å²) in [7, 11) is 0. The fourth-order valence-corrected chi connectivity index (χ4v) is 2.05. The number of rotatable bonds is 7. The van der Waals surface area contributed by atoms with Crippen LogP contribution in [0.15, 0.2) is 11.1 Å². The van der Waals surface area contributed by atoms with Crippen molar-refractivity contribution in [3.8, 4) is 0 Å². The van der Waals surface area contributed by atoms with E-state index >= 15 is 0 Å². The van der Waals surface area contributed by atoms with E-state index in [9.17, 15) is 0 Å². The van der Waals surface area contributed by atoms with Gasteiger partial charge in [0, 0.05) is 6.42 Å². The van der Waals surface area contributed by atoms with Crippen LogP contribution in [-0.2, 0) is 9.78 Å².